The third-order valence-electron chi connectivity index (χ3n) is 2.81. The first-order valence-corrected chi connectivity index (χ1v) is 4.89. The number of rotatable bonds is 4. The quantitative estimate of drug-likeness (QED) is 0.594. The molecule has 1 fully saturated rings. The van der Waals surface area contributed by atoms with Gasteiger partial charge in [-0.1, -0.05) is 13.8 Å². The molecule has 2 unspecified atom stereocenters. The Labute approximate surface area is 84.3 Å². The van der Waals surface area contributed by atoms with Gasteiger partial charge in [0.15, 0.2) is 0 Å². The van der Waals surface area contributed by atoms with E-state index in [9.17, 15) is 9.90 Å². The number of nitrogens with one attached hydrogen (secondary N) is 1. The lowest BCUT2D eigenvalue weighted by atomic mass is 10.1. The van der Waals surface area contributed by atoms with Gasteiger partial charge in [0.05, 0.1) is 6.61 Å². The minimum atomic E-state index is -1.21. The van der Waals surface area contributed by atoms with Gasteiger partial charge in [-0.25, -0.2) is 0 Å². The van der Waals surface area contributed by atoms with Gasteiger partial charge in [0.1, 0.15) is 5.60 Å². The fourth-order valence-electron chi connectivity index (χ4n) is 1.37. The maximum atomic E-state index is 11.5. The van der Waals surface area contributed by atoms with Gasteiger partial charge >= 0.3 is 0 Å². The Balaban J connectivity index is 2.30. The molecule has 0 aromatic carbocycles. The number of aliphatic hydroxyl groups excluding tert-OH is 1. The summed E-state index contributed by atoms with van der Waals surface area (Å²) in [5, 5.41) is 20.8. The molecule has 0 aliphatic heterocycles. The molecule has 1 aliphatic rings. The predicted molar refractivity (Wildman–Crippen MR) is 52.6 cm³/mol. The van der Waals surface area contributed by atoms with Crippen molar-refractivity contribution in [2.24, 2.45) is 11.3 Å². The SMILES string of the molecule is CC(O)(CO)CNC(=O)C1CC1(C)C. The normalized spacial score (nSPS) is 27.9. The molecule has 0 aromatic heterocycles. The zero-order chi connectivity index (χ0) is 11.0. The maximum absolute atomic E-state index is 11.5. The number of amides is 1. The summed E-state index contributed by atoms with van der Waals surface area (Å²) >= 11 is 0. The lowest BCUT2D eigenvalue weighted by molar-refractivity contribution is -0.124. The maximum Gasteiger partial charge on any atom is 0.223 e. The highest BCUT2D eigenvalue weighted by atomic mass is 16.3. The van der Waals surface area contributed by atoms with Gasteiger partial charge in [-0.05, 0) is 18.8 Å². The molecule has 1 saturated carbocycles. The average molecular weight is 201 g/mol. The van der Waals surface area contributed by atoms with Crippen molar-refractivity contribution in [1.29, 1.82) is 0 Å². The van der Waals surface area contributed by atoms with E-state index in [1.165, 1.54) is 6.92 Å². The van der Waals surface area contributed by atoms with E-state index in [2.05, 4.69) is 5.32 Å². The average Bonchev–Trinajstić information content (AvgIpc) is 2.71. The van der Waals surface area contributed by atoms with Crippen LogP contribution >= 0.6 is 0 Å². The fraction of sp³-hybridized carbons (Fsp3) is 0.900. The van der Waals surface area contributed by atoms with Crippen LogP contribution in [0.5, 0.6) is 0 Å². The monoisotopic (exact) mass is 201 g/mol. The van der Waals surface area contributed by atoms with Gasteiger partial charge in [-0.2, -0.15) is 0 Å². The van der Waals surface area contributed by atoms with Crippen LogP contribution in [0.2, 0.25) is 0 Å². The van der Waals surface area contributed by atoms with Gasteiger partial charge in [-0.3, -0.25) is 4.79 Å². The third-order valence-corrected chi connectivity index (χ3v) is 2.81. The van der Waals surface area contributed by atoms with Gasteiger partial charge in [-0.15, -0.1) is 0 Å². The number of aliphatic hydroxyl groups is 2. The molecule has 0 aromatic rings. The lowest BCUT2D eigenvalue weighted by Gasteiger charge is -2.20. The van der Waals surface area contributed by atoms with E-state index in [-0.39, 0.29) is 30.4 Å². The Kier molecular flexibility index (Phi) is 2.88. The molecule has 82 valence electrons. The highest BCUT2D eigenvalue weighted by molar-refractivity contribution is 5.82. The van der Waals surface area contributed by atoms with Crippen LogP contribution in [-0.4, -0.2) is 34.9 Å². The van der Waals surface area contributed by atoms with Crippen LogP contribution in [-0.2, 0) is 4.79 Å². The smallest absolute Gasteiger partial charge is 0.223 e. The van der Waals surface area contributed by atoms with Crippen LogP contribution < -0.4 is 5.32 Å². The number of hydrogen-bond acceptors (Lipinski definition) is 3. The molecule has 4 nitrogen and oxygen atoms in total. The molecule has 1 amide bonds. The van der Waals surface area contributed by atoms with Crippen molar-refractivity contribution in [3.05, 3.63) is 0 Å². The molecular formula is C10H19NO3. The van der Waals surface area contributed by atoms with E-state index in [0.29, 0.717) is 0 Å². The molecule has 0 spiro atoms. The first-order chi connectivity index (χ1) is 6.28. The van der Waals surface area contributed by atoms with E-state index in [4.69, 9.17) is 5.11 Å². The molecule has 0 radical (unpaired) electrons. The van der Waals surface area contributed by atoms with E-state index in [0.717, 1.165) is 6.42 Å². The van der Waals surface area contributed by atoms with Crippen molar-refractivity contribution < 1.29 is 15.0 Å². The molecular weight excluding hydrogens is 182 g/mol. The van der Waals surface area contributed by atoms with E-state index >= 15 is 0 Å². The highest BCUT2D eigenvalue weighted by Gasteiger charge is 2.50. The molecule has 0 saturated heterocycles. The summed E-state index contributed by atoms with van der Waals surface area (Å²) in [6.45, 7) is 5.34. The first-order valence-electron chi connectivity index (χ1n) is 4.89. The van der Waals surface area contributed by atoms with E-state index < -0.39 is 5.60 Å². The Morgan fingerprint density at radius 3 is 2.50 bits per heavy atom. The second-order valence-corrected chi connectivity index (χ2v) is 5.12. The van der Waals surface area contributed by atoms with Crippen molar-refractivity contribution in [2.45, 2.75) is 32.8 Å². The molecule has 14 heavy (non-hydrogen) atoms. The standard InChI is InChI=1S/C10H19NO3/c1-9(2)4-7(9)8(13)11-5-10(3,14)6-12/h7,12,14H,4-6H2,1-3H3,(H,11,13). The zero-order valence-corrected chi connectivity index (χ0v) is 9.00. The second-order valence-electron chi connectivity index (χ2n) is 5.12. The van der Waals surface area contributed by atoms with Crippen LogP contribution in [0, 0.1) is 11.3 Å². The van der Waals surface area contributed by atoms with Crippen molar-refractivity contribution in [2.75, 3.05) is 13.2 Å². The molecule has 3 N–H and O–H groups in total. The summed E-state index contributed by atoms with van der Waals surface area (Å²) in [5.74, 6) is 0.0423. The minimum absolute atomic E-state index is 0.0243. The summed E-state index contributed by atoms with van der Waals surface area (Å²) in [7, 11) is 0. The third kappa shape index (κ3) is 2.69. The largest absolute Gasteiger partial charge is 0.393 e. The summed E-state index contributed by atoms with van der Waals surface area (Å²) < 4.78 is 0. The van der Waals surface area contributed by atoms with Gasteiger partial charge in [0.25, 0.3) is 0 Å². The molecule has 4 heteroatoms. The minimum Gasteiger partial charge on any atom is -0.393 e. The van der Waals surface area contributed by atoms with Gasteiger partial charge in [0.2, 0.25) is 5.91 Å². The van der Waals surface area contributed by atoms with Crippen molar-refractivity contribution in [3.63, 3.8) is 0 Å². The lowest BCUT2D eigenvalue weighted by Crippen LogP contribution is -2.44. The van der Waals surface area contributed by atoms with Crippen LogP contribution in [0.4, 0.5) is 0 Å². The predicted octanol–water partition coefficient (Wildman–Crippen LogP) is -0.108. The zero-order valence-electron chi connectivity index (χ0n) is 9.00. The molecule has 2 atom stereocenters. The van der Waals surface area contributed by atoms with Crippen molar-refractivity contribution in [3.8, 4) is 0 Å². The number of hydrogen-bond donors (Lipinski definition) is 3. The van der Waals surface area contributed by atoms with Gasteiger partial charge < -0.3 is 15.5 Å². The summed E-state index contributed by atoms with van der Waals surface area (Å²) in [4.78, 5) is 11.5. The molecule has 0 heterocycles. The molecule has 0 bridgehead atoms. The topological polar surface area (TPSA) is 69.6 Å². The van der Waals surface area contributed by atoms with Crippen LogP contribution in [0.25, 0.3) is 0 Å². The summed E-state index contributed by atoms with van der Waals surface area (Å²) in [5.41, 5.74) is -1.11. The van der Waals surface area contributed by atoms with Crippen LogP contribution in [0.3, 0.4) is 0 Å². The fourth-order valence-corrected chi connectivity index (χ4v) is 1.37. The van der Waals surface area contributed by atoms with E-state index in [1.54, 1.807) is 0 Å². The van der Waals surface area contributed by atoms with Crippen LogP contribution in [0.1, 0.15) is 27.2 Å². The molecule has 1 rings (SSSR count). The summed E-state index contributed by atoms with van der Waals surface area (Å²) in [6.07, 6.45) is 0.903. The second kappa shape index (κ2) is 3.51. The van der Waals surface area contributed by atoms with Gasteiger partial charge in [0, 0.05) is 12.5 Å². The Morgan fingerprint density at radius 2 is 2.14 bits per heavy atom. The van der Waals surface area contributed by atoms with E-state index in [1.807, 2.05) is 13.8 Å². The number of carbonyl (C=O) groups excluding carboxylic acids is 1. The first kappa shape index (κ1) is 11.5. The highest BCUT2D eigenvalue weighted by Crippen LogP contribution is 2.51. The van der Waals surface area contributed by atoms with Crippen LogP contribution in [0.15, 0.2) is 0 Å². The Bertz CT molecular complexity index is 236. The van der Waals surface area contributed by atoms with Crippen molar-refractivity contribution in [1.82, 2.24) is 5.32 Å². The number of carbonyl (C=O) groups is 1. The Morgan fingerprint density at radius 1 is 1.64 bits per heavy atom. The molecule has 1 aliphatic carbocycles. The van der Waals surface area contributed by atoms with Crippen molar-refractivity contribution >= 4 is 5.91 Å². The summed E-state index contributed by atoms with van der Waals surface area (Å²) in [6, 6.07) is 0. The Hall–Kier alpha value is -0.610.